The maximum atomic E-state index is 13.7. The lowest BCUT2D eigenvalue weighted by Gasteiger charge is -2.29. The number of furan rings is 1. The number of sulfonamides is 1. The van der Waals surface area contributed by atoms with Crippen LogP contribution >= 0.6 is 0 Å². The third-order valence-electron chi connectivity index (χ3n) is 7.36. The van der Waals surface area contributed by atoms with E-state index in [9.17, 15) is 26.8 Å². The Morgan fingerprint density at radius 3 is 2.36 bits per heavy atom. The quantitative estimate of drug-likeness (QED) is 0.229. The predicted molar refractivity (Wildman–Crippen MR) is 163 cm³/mol. The molecule has 0 atom stereocenters. The predicted octanol–water partition coefficient (Wildman–Crippen LogP) is 5.55. The van der Waals surface area contributed by atoms with Gasteiger partial charge in [-0.2, -0.15) is 0 Å². The van der Waals surface area contributed by atoms with Crippen LogP contribution in [0.1, 0.15) is 33.2 Å². The van der Waals surface area contributed by atoms with Crippen molar-refractivity contribution in [2.75, 3.05) is 24.3 Å². The summed E-state index contributed by atoms with van der Waals surface area (Å²) in [6, 6.07) is 15.7. The lowest BCUT2D eigenvalue weighted by molar-refractivity contribution is 0.0497. The molecule has 13 heteroatoms. The maximum Gasteiger partial charge on any atom is 0.260 e. The topological polar surface area (TPSA) is 131 Å². The van der Waals surface area contributed by atoms with E-state index in [1.165, 1.54) is 73.6 Å². The van der Waals surface area contributed by atoms with E-state index in [2.05, 4.69) is 15.0 Å². The number of halogens is 2. The van der Waals surface area contributed by atoms with Crippen LogP contribution in [0.4, 0.5) is 14.5 Å². The number of aromatic nitrogens is 1. The van der Waals surface area contributed by atoms with Gasteiger partial charge in [0.1, 0.15) is 23.0 Å². The van der Waals surface area contributed by atoms with Crippen LogP contribution in [0.2, 0.25) is 0 Å². The second-order valence-electron chi connectivity index (χ2n) is 10.3. The second-order valence-corrected chi connectivity index (χ2v) is 12.3. The zero-order valence-electron chi connectivity index (χ0n) is 24.1. The number of rotatable bonds is 8. The van der Waals surface area contributed by atoms with Crippen molar-refractivity contribution >= 4 is 38.5 Å². The fourth-order valence-electron chi connectivity index (χ4n) is 5.01. The SMILES string of the molecule is CCS(=O)(=O)Nc1cc2oc(-c3ccc(F)cc3)c(C(=O)NC)c2cc1-c1cc2c(cn1)OCN(Cc1ccc(F)cc1)C2=O. The van der Waals surface area contributed by atoms with Crippen LogP contribution in [-0.4, -0.2) is 49.6 Å². The Balaban J connectivity index is 1.49. The third-order valence-corrected chi connectivity index (χ3v) is 8.65. The molecule has 0 saturated carbocycles. The van der Waals surface area contributed by atoms with E-state index in [1.54, 1.807) is 18.2 Å². The van der Waals surface area contributed by atoms with Gasteiger partial charge in [0.05, 0.1) is 34.5 Å². The Morgan fingerprint density at radius 2 is 1.69 bits per heavy atom. The van der Waals surface area contributed by atoms with Gasteiger partial charge in [0.25, 0.3) is 11.8 Å². The normalized spacial score (nSPS) is 13.0. The van der Waals surface area contributed by atoms with Crippen LogP contribution in [0.3, 0.4) is 0 Å². The van der Waals surface area contributed by atoms with Gasteiger partial charge in [0.2, 0.25) is 10.0 Å². The van der Waals surface area contributed by atoms with Gasteiger partial charge in [0.15, 0.2) is 12.5 Å². The number of hydrogen-bond acceptors (Lipinski definition) is 7. The van der Waals surface area contributed by atoms with Crippen LogP contribution in [0, 0.1) is 11.6 Å². The minimum atomic E-state index is -3.79. The standard InChI is InChI=1S/C32H26F2N4O6S/c1-3-45(41,42)37-26-14-27-23(29(31(39)35-2)30(44-27)19-6-10-21(34)11-7-19)12-22(26)25-13-24-28(15-36-25)43-17-38(32(24)40)16-18-4-8-20(33)9-5-18/h4-15,37H,3,16-17H2,1-2H3,(H,35,39). The highest BCUT2D eigenvalue weighted by Crippen LogP contribution is 2.40. The van der Waals surface area contributed by atoms with Crippen molar-refractivity contribution in [3.8, 4) is 28.3 Å². The summed E-state index contributed by atoms with van der Waals surface area (Å²) in [6.45, 7) is 1.60. The maximum absolute atomic E-state index is 13.7. The van der Waals surface area contributed by atoms with Crippen molar-refractivity contribution in [2.45, 2.75) is 13.5 Å². The number of ether oxygens (including phenoxy) is 1. The molecule has 230 valence electrons. The summed E-state index contributed by atoms with van der Waals surface area (Å²) in [6.07, 6.45) is 1.37. The Kier molecular flexibility index (Phi) is 7.71. The summed E-state index contributed by atoms with van der Waals surface area (Å²) < 4.78 is 66.9. The summed E-state index contributed by atoms with van der Waals surface area (Å²) >= 11 is 0. The summed E-state index contributed by atoms with van der Waals surface area (Å²) in [5, 5.41) is 2.93. The number of anilines is 1. The highest BCUT2D eigenvalue weighted by atomic mass is 32.2. The molecule has 0 bridgehead atoms. The smallest absolute Gasteiger partial charge is 0.260 e. The largest absolute Gasteiger partial charge is 0.471 e. The molecule has 10 nitrogen and oxygen atoms in total. The van der Waals surface area contributed by atoms with Crippen LogP contribution < -0.4 is 14.8 Å². The Bertz CT molecular complexity index is 2060. The Hall–Kier alpha value is -5.30. The number of hydrogen-bond donors (Lipinski definition) is 2. The molecule has 1 aliphatic rings. The molecule has 0 saturated heterocycles. The summed E-state index contributed by atoms with van der Waals surface area (Å²) in [7, 11) is -2.34. The summed E-state index contributed by atoms with van der Waals surface area (Å²) in [5.41, 5.74) is 2.24. The highest BCUT2D eigenvalue weighted by Gasteiger charge is 2.29. The van der Waals surface area contributed by atoms with Gasteiger partial charge in [-0.05, 0) is 61.0 Å². The molecule has 0 fully saturated rings. The molecule has 2 amide bonds. The van der Waals surface area contributed by atoms with Gasteiger partial charge in [-0.25, -0.2) is 17.2 Å². The van der Waals surface area contributed by atoms with Gasteiger partial charge >= 0.3 is 0 Å². The van der Waals surface area contributed by atoms with Crippen molar-refractivity contribution in [2.24, 2.45) is 0 Å². The van der Waals surface area contributed by atoms with E-state index in [1.807, 2.05) is 0 Å². The van der Waals surface area contributed by atoms with Crippen molar-refractivity contribution < 1.29 is 35.9 Å². The molecule has 6 rings (SSSR count). The van der Waals surface area contributed by atoms with Gasteiger partial charge < -0.3 is 19.4 Å². The molecular formula is C32H26F2N4O6S. The Morgan fingerprint density at radius 1 is 1.00 bits per heavy atom. The van der Waals surface area contributed by atoms with E-state index >= 15 is 0 Å². The molecular weight excluding hydrogens is 606 g/mol. The average Bonchev–Trinajstić information content (AvgIpc) is 3.41. The van der Waals surface area contributed by atoms with Crippen molar-refractivity contribution in [1.82, 2.24) is 15.2 Å². The minimum Gasteiger partial charge on any atom is -0.471 e. The molecule has 0 spiro atoms. The zero-order valence-corrected chi connectivity index (χ0v) is 24.9. The lowest BCUT2D eigenvalue weighted by atomic mass is 10.00. The molecule has 0 unspecified atom stereocenters. The lowest BCUT2D eigenvalue weighted by Crippen LogP contribution is -2.38. The molecule has 0 aliphatic carbocycles. The number of fused-ring (bicyclic) bond motifs is 2. The first-order valence-electron chi connectivity index (χ1n) is 13.8. The van der Waals surface area contributed by atoms with Crippen molar-refractivity contribution in [3.05, 3.63) is 101 Å². The van der Waals surface area contributed by atoms with E-state index in [0.29, 0.717) is 16.5 Å². The fraction of sp³-hybridized carbons (Fsp3) is 0.156. The van der Waals surface area contributed by atoms with Gasteiger partial charge in [0, 0.05) is 36.2 Å². The fourth-order valence-corrected chi connectivity index (χ4v) is 5.66. The number of nitrogens with one attached hydrogen (secondary N) is 2. The van der Waals surface area contributed by atoms with Gasteiger partial charge in [-0.15, -0.1) is 0 Å². The first kappa shape index (κ1) is 29.8. The molecule has 2 aromatic heterocycles. The summed E-state index contributed by atoms with van der Waals surface area (Å²) in [5.74, 6) is -1.55. The third kappa shape index (κ3) is 5.81. The number of pyridine rings is 1. The average molecular weight is 633 g/mol. The molecule has 1 aliphatic heterocycles. The van der Waals surface area contributed by atoms with Crippen molar-refractivity contribution in [3.63, 3.8) is 0 Å². The molecule has 0 radical (unpaired) electrons. The van der Waals surface area contributed by atoms with Gasteiger partial charge in [-0.3, -0.25) is 19.3 Å². The van der Waals surface area contributed by atoms with E-state index in [4.69, 9.17) is 9.15 Å². The van der Waals surface area contributed by atoms with E-state index in [-0.39, 0.29) is 70.1 Å². The molecule has 3 aromatic carbocycles. The molecule has 3 heterocycles. The highest BCUT2D eigenvalue weighted by molar-refractivity contribution is 7.92. The summed E-state index contributed by atoms with van der Waals surface area (Å²) in [4.78, 5) is 32.6. The molecule has 5 aromatic rings. The first-order valence-corrected chi connectivity index (χ1v) is 15.5. The number of carbonyl (C=O) groups excluding carboxylic acids is 2. The van der Waals surface area contributed by atoms with Gasteiger partial charge in [-0.1, -0.05) is 12.1 Å². The van der Waals surface area contributed by atoms with E-state index < -0.39 is 27.6 Å². The monoisotopic (exact) mass is 632 g/mol. The zero-order chi connectivity index (χ0) is 31.9. The number of carbonyl (C=O) groups is 2. The number of benzene rings is 3. The molecule has 2 N–H and O–H groups in total. The van der Waals surface area contributed by atoms with E-state index in [0.717, 1.165) is 0 Å². The van der Waals surface area contributed by atoms with Crippen molar-refractivity contribution in [1.29, 1.82) is 0 Å². The Labute approximate surface area is 256 Å². The second kappa shape index (κ2) is 11.7. The molecule has 45 heavy (non-hydrogen) atoms. The van der Waals surface area contributed by atoms with Crippen LogP contribution in [0.25, 0.3) is 33.6 Å². The van der Waals surface area contributed by atoms with Crippen LogP contribution in [-0.2, 0) is 16.6 Å². The first-order chi connectivity index (χ1) is 21.6. The number of nitrogens with zero attached hydrogens (tertiary/aromatic N) is 2. The minimum absolute atomic E-state index is 0.0472. The number of amides is 2. The van der Waals surface area contributed by atoms with Crippen LogP contribution in [0.15, 0.2) is 77.3 Å². The van der Waals surface area contributed by atoms with Crippen LogP contribution in [0.5, 0.6) is 5.75 Å².